The zero-order valence-corrected chi connectivity index (χ0v) is 15.3. The van der Waals surface area contributed by atoms with Crippen LogP contribution in [0.1, 0.15) is 51.4 Å². The lowest BCUT2D eigenvalue weighted by atomic mass is 9.88. The Morgan fingerprint density at radius 3 is 2.62 bits per heavy atom. The number of benzene rings is 1. The highest BCUT2D eigenvalue weighted by molar-refractivity contribution is 7.17. The van der Waals surface area contributed by atoms with E-state index in [2.05, 4.69) is 12.2 Å². The van der Waals surface area contributed by atoms with Crippen LogP contribution in [-0.4, -0.2) is 18.5 Å². The minimum absolute atomic E-state index is 0.204. The SMILES string of the molecule is CCOC(=O)c1c(NC(=O)c2c(F)cccc2F)sc2c1CCC(C)C2. The Morgan fingerprint density at radius 1 is 1.27 bits per heavy atom. The molecule has 0 saturated carbocycles. The molecule has 4 nitrogen and oxygen atoms in total. The molecule has 0 radical (unpaired) electrons. The number of thiophene rings is 1. The number of anilines is 1. The number of nitrogens with one attached hydrogen (secondary N) is 1. The maximum absolute atomic E-state index is 13.9. The van der Waals surface area contributed by atoms with Gasteiger partial charge in [0.15, 0.2) is 0 Å². The molecule has 138 valence electrons. The van der Waals surface area contributed by atoms with Crippen molar-refractivity contribution in [3.05, 3.63) is 51.4 Å². The zero-order valence-electron chi connectivity index (χ0n) is 14.5. The summed E-state index contributed by atoms with van der Waals surface area (Å²) in [4.78, 5) is 25.9. The first-order chi connectivity index (χ1) is 12.4. The summed E-state index contributed by atoms with van der Waals surface area (Å²) in [7, 11) is 0. The van der Waals surface area contributed by atoms with Crippen molar-refractivity contribution in [3.63, 3.8) is 0 Å². The fraction of sp³-hybridized carbons (Fsp3) is 0.368. The predicted octanol–water partition coefficient (Wildman–Crippen LogP) is 4.58. The van der Waals surface area contributed by atoms with Gasteiger partial charge < -0.3 is 10.1 Å². The third kappa shape index (κ3) is 3.49. The van der Waals surface area contributed by atoms with E-state index in [0.717, 1.165) is 35.4 Å². The number of ether oxygens (including phenoxy) is 1. The molecule has 3 rings (SSSR count). The minimum Gasteiger partial charge on any atom is -0.462 e. The standard InChI is InChI=1S/C19H19F2NO3S/c1-3-25-19(24)15-11-8-7-10(2)9-14(11)26-18(15)22-17(23)16-12(20)5-4-6-13(16)21/h4-6,10H,3,7-9H2,1-2H3,(H,22,23). The summed E-state index contributed by atoms with van der Waals surface area (Å²) in [5, 5.41) is 2.81. The first kappa shape index (κ1) is 18.5. The average molecular weight is 379 g/mol. The van der Waals surface area contributed by atoms with Crippen molar-refractivity contribution < 1.29 is 23.1 Å². The Labute approximate surface area is 154 Å². The van der Waals surface area contributed by atoms with Crippen LogP contribution in [0.4, 0.5) is 13.8 Å². The van der Waals surface area contributed by atoms with Crippen LogP contribution in [0.25, 0.3) is 0 Å². The normalized spacial score (nSPS) is 16.1. The van der Waals surface area contributed by atoms with E-state index in [9.17, 15) is 18.4 Å². The number of carbonyl (C=O) groups excluding carboxylic acids is 2. The smallest absolute Gasteiger partial charge is 0.341 e. The molecule has 1 aliphatic rings. The molecule has 1 atom stereocenters. The van der Waals surface area contributed by atoms with Crippen molar-refractivity contribution in [1.29, 1.82) is 0 Å². The van der Waals surface area contributed by atoms with Gasteiger partial charge in [0.05, 0.1) is 12.2 Å². The first-order valence-corrected chi connectivity index (χ1v) is 9.31. The van der Waals surface area contributed by atoms with Gasteiger partial charge in [-0.2, -0.15) is 0 Å². The van der Waals surface area contributed by atoms with Crippen molar-refractivity contribution in [2.45, 2.75) is 33.1 Å². The number of amides is 1. The minimum atomic E-state index is -0.949. The predicted molar refractivity (Wildman–Crippen MR) is 95.8 cm³/mol. The summed E-state index contributed by atoms with van der Waals surface area (Å²) in [6.45, 7) is 4.03. The average Bonchev–Trinajstić information content (AvgIpc) is 2.91. The molecule has 0 saturated heterocycles. The Balaban J connectivity index is 1.99. The first-order valence-electron chi connectivity index (χ1n) is 8.49. The van der Waals surface area contributed by atoms with Gasteiger partial charge in [-0.05, 0) is 49.8 Å². The second-order valence-corrected chi connectivity index (χ2v) is 7.43. The van der Waals surface area contributed by atoms with E-state index in [1.807, 2.05) is 0 Å². The molecule has 0 aliphatic heterocycles. The molecule has 1 unspecified atom stereocenters. The fourth-order valence-corrected chi connectivity index (χ4v) is 4.53. The van der Waals surface area contributed by atoms with Crippen molar-refractivity contribution in [3.8, 4) is 0 Å². The largest absolute Gasteiger partial charge is 0.462 e. The van der Waals surface area contributed by atoms with E-state index < -0.39 is 29.1 Å². The molecule has 1 aromatic heterocycles. The van der Waals surface area contributed by atoms with E-state index >= 15 is 0 Å². The van der Waals surface area contributed by atoms with E-state index in [4.69, 9.17) is 4.74 Å². The highest BCUT2D eigenvalue weighted by atomic mass is 32.1. The van der Waals surface area contributed by atoms with Gasteiger partial charge in [0.1, 0.15) is 22.2 Å². The second kappa shape index (κ2) is 7.53. The summed E-state index contributed by atoms with van der Waals surface area (Å²) in [6.07, 6.45) is 2.45. The summed E-state index contributed by atoms with van der Waals surface area (Å²) in [5.41, 5.74) is 0.516. The number of halogens is 2. The van der Waals surface area contributed by atoms with Crippen LogP contribution >= 0.6 is 11.3 Å². The lowest BCUT2D eigenvalue weighted by Gasteiger charge is -2.18. The molecule has 1 heterocycles. The Bertz CT molecular complexity index is 842. The van der Waals surface area contributed by atoms with Crippen LogP contribution in [0.2, 0.25) is 0 Å². The van der Waals surface area contributed by atoms with E-state index in [0.29, 0.717) is 17.9 Å². The summed E-state index contributed by atoms with van der Waals surface area (Å²) >= 11 is 1.28. The van der Waals surface area contributed by atoms with Crippen molar-refractivity contribution in [2.75, 3.05) is 11.9 Å². The number of rotatable bonds is 4. The monoisotopic (exact) mass is 379 g/mol. The van der Waals surface area contributed by atoms with Gasteiger partial charge in [-0.25, -0.2) is 13.6 Å². The van der Waals surface area contributed by atoms with Gasteiger partial charge in [0.2, 0.25) is 0 Å². The highest BCUT2D eigenvalue weighted by Gasteiger charge is 2.30. The lowest BCUT2D eigenvalue weighted by molar-refractivity contribution is 0.0526. The Morgan fingerprint density at radius 2 is 1.96 bits per heavy atom. The molecule has 0 bridgehead atoms. The maximum atomic E-state index is 13.9. The van der Waals surface area contributed by atoms with Crippen LogP contribution in [0.15, 0.2) is 18.2 Å². The van der Waals surface area contributed by atoms with Gasteiger partial charge in [0.25, 0.3) is 5.91 Å². The topological polar surface area (TPSA) is 55.4 Å². The zero-order chi connectivity index (χ0) is 18.8. The van der Waals surface area contributed by atoms with Crippen LogP contribution in [0, 0.1) is 17.6 Å². The molecule has 1 aromatic carbocycles. The van der Waals surface area contributed by atoms with E-state index in [1.165, 1.54) is 17.4 Å². The lowest BCUT2D eigenvalue weighted by Crippen LogP contribution is -2.18. The Hall–Kier alpha value is -2.28. The van der Waals surface area contributed by atoms with Gasteiger partial charge in [-0.1, -0.05) is 13.0 Å². The van der Waals surface area contributed by atoms with Crippen LogP contribution in [0.5, 0.6) is 0 Å². The van der Waals surface area contributed by atoms with E-state index in [1.54, 1.807) is 6.92 Å². The number of fused-ring (bicyclic) bond motifs is 1. The fourth-order valence-electron chi connectivity index (χ4n) is 3.14. The van der Waals surface area contributed by atoms with Crippen molar-refractivity contribution in [2.24, 2.45) is 5.92 Å². The van der Waals surface area contributed by atoms with Gasteiger partial charge in [-0.3, -0.25) is 4.79 Å². The number of hydrogen-bond acceptors (Lipinski definition) is 4. The number of esters is 1. The molecule has 1 amide bonds. The maximum Gasteiger partial charge on any atom is 0.341 e. The molecule has 1 N–H and O–H groups in total. The molecule has 1 aliphatic carbocycles. The molecular formula is C19H19F2NO3S. The van der Waals surface area contributed by atoms with Crippen LogP contribution in [-0.2, 0) is 17.6 Å². The molecule has 7 heteroatoms. The second-order valence-electron chi connectivity index (χ2n) is 6.33. The molecule has 0 spiro atoms. The third-order valence-corrected chi connectivity index (χ3v) is 5.58. The van der Waals surface area contributed by atoms with Crippen LogP contribution in [0.3, 0.4) is 0 Å². The quantitative estimate of drug-likeness (QED) is 0.791. The van der Waals surface area contributed by atoms with E-state index in [-0.39, 0.29) is 11.6 Å². The summed E-state index contributed by atoms with van der Waals surface area (Å²) in [5.74, 6) is -2.87. The van der Waals surface area contributed by atoms with Crippen LogP contribution < -0.4 is 5.32 Å². The van der Waals surface area contributed by atoms with Crippen molar-refractivity contribution in [1.82, 2.24) is 0 Å². The number of hydrogen-bond donors (Lipinski definition) is 1. The summed E-state index contributed by atoms with van der Waals surface area (Å²) in [6, 6.07) is 3.23. The molecular weight excluding hydrogens is 360 g/mol. The summed E-state index contributed by atoms with van der Waals surface area (Å²) < 4.78 is 32.9. The third-order valence-electron chi connectivity index (χ3n) is 4.41. The van der Waals surface area contributed by atoms with Gasteiger partial charge >= 0.3 is 5.97 Å². The van der Waals surface area contributed by atoms with Gasteiger partial charge in [0, 0.05) is 4.88 Å². The molecule has 26 heavy (non-hydrogen) atoms. The Kier molecular flexibility index (Phi) is 5.36. The van der Waals surface area contributed by atoms with Gasteiger partial charge in [-0.15, -0.1) is 11.3 Å². The molecule has 2 aromatic rings. The number of carbonyl (C=O) groups is 2. The molecule has 0 fully saturated rings. The van der Waals surface area contributed by atoms with Crippen molar-refractivity contribution >= 4 is 28.2 Å². The highest BCUT2D eigenvalue weighted by Crippen LogP contribution is 2.40.